The van der Waals surface area contributed by atoms with Crippen LogP contribution in [0, 0.1) is 13.8 Å². The number of carbonyl (C=O) groups is 1. The van der Waals surface area contributed by atoms with Crippen molar-refractivity contribution >= 4 is 17.3 Å². The van der Waals surface area contributed by atoms with E-state index < -0.39 is 18.2 Å². The molecule has 1 aromatic rings. The van der Waals surface area contributed by atoms with Crippen LogP contribution in [0.3, 0.4) is 0 Å². The minimum atomic E-state index is -1.58. The quantitative estimate of drug-likeness (QED) is 0.764. The fourth-order valence-corrected chi connectivity index (χ4v) is 2.05. The fourth-order valence-electron chi connectivity index (χ4n) is 1.12. The van der Waals surface area contributed by atoms with E-state index in [9.17, 15) is 15.0 Å². The number of aliphatic hydroxyl groups is 2. The summed E-state index contributed by atoms with van der Waals surface area (Å²) in [6.07, 6.45) is -2.90. The largest absolute Gasteiger partial charge is 0.464 e. The highest BCUT2D eigenvalue weighted by molar-refractivity contribution is 7.11. The summed E-state index contributed by atoms with van der Waals surface area (Å²) in [6, 6.07) is 0. The van der Waals surface area contributed by atoms with Crippen molar-refractivity contribution in [2.45, 2.75) is 33.0 Å². The van der Waals surface area contributed by atoms with Gasteiger partial charge in [-0.25, -0.2) is 9.78 Å². The molecule has 0 radical (unpaired) electrons. The van der Waals surface area contributed by atoms with E-state index >= 15 is 0 Å². The van der Waals surface area contributed by atoms with Gasteiger partial charge in [0.25, 0.3) is 0 Å². The summed E-state index contributed by atoms with van der Waals surface area (Å²) >= 11 is 1.26. The minimum Gasteiger partial charge on any atom is -0.464 e. The van der Waals surface area contributed by atoms with E-state index in [1.165, 1.54) is 11.3 Å². The van der Waals surface area contributed by atoms with Crippen molar-refractivity contribution in [1.29, 1.82) is 0 Å². The van der Waals surface area contributed by atoms with Gasteiger partial charge in [-0.2, -0.15) is 0 Å². The lowest BCUT2D eigenvalue weighted by Crippen LogP contribution is -2.29. The molecule has 90 valence electrons. The molecule has 1 heterocycles. The maximum absolute atomic E-state index is 11.2. The first kappa shape index (κ1) is 13.1. The number of esters is 1. The van der Waals surface area contributed by atoms with E-state index in [0.29, 0.717) is 5.01 Å². The van der Waals surface area contributed by atoms with Crippen LogP contribution in [0.2, 0.25) is 0 Å². The molecule has 0 spiro atoms. The summed E-state index contributed by atoms with van der Waals surface area (Å²) < 4.78 is 4.61. The first-order chi connectivity index (χ1) is 7.47. The second-order valence-electron chi connectivity index (χ2n) is 3.34. The molecule has 5 nitrogen and oxygen atoms in total. The third-order valence-corrected chi connectivity index (χ3v) is 3.27. The van der Waals surface area contributed by atoms with Gasteiger partial charge in [0.2, 0.25) is 0 Å². The molecule has 2 atom stereocenters. The molecular formula is C10H15NO4S. The van der Waals surface area contributed by atoms with Crippen molar-refractivity contribution in [1.82, 2.24) is 4.98 Å². The molecule has 0 saturated heterocycles. The maximum atomic E-state index is 11.2. The first-order valence-electron chi connectivity index (χ1n) is 4.94. The molecule has 1 rings (SSSR count). The molecule has 0 amide bonds. The van der Waals surface area contributed by atoms with Gasteiger partial charge in [-0.05, 0) is 20.8 Å². The Morgan fingerprint density at radius 3 is 2.56 bits per heavy atom. The highest BCUT2D eigenvalue weighted by atomic mass is 32.1. The molecule has 0 saturated carbocycles. The maximum Gasteiger partial charge on any atom is 0.338 e. The number of carbonyl (C=O) groups excluding carboxylic acids is 1. The van der Waals surface area contributed by atoms with Crippen LogP contribution >= 0.6 is 11.3 Å². The molecule has 0 aliphatic rings. The molecule has 0 bridgehead atoms. The average Bonchev–Trinajstić information content (AvgIpc) is 2.57. The van der Waals surface area contributed by atoms with Crippen LogP contribution in [0.5, 0.6) is 0 Å². The first-order valence-corrected chi connectivity index (χ1v) is 5.75. The average molecular weight is 245 g/mol. The Morgan fingerprint density at radius 2 is 2.12 bits per heavy atom. The minimum absolute atomic E-state index is 0.165. The van der Waals surface area contributed by atoms with Crippen molar-refractivity contribution in [2.24, 2.45) is 0 Å². The number of nitrogens with zero attached hydrogens (tertiary/aromatic N) is 1. The molecule has 0 aliphatic carbocycles. The predicted molar refractivity (Wildman–Crippen MR) is 59.2 cm³/mol. The molecule has 1 aromatic heterocycles. The highest BCUT2D eigenvalue weighted by Gasteiger charge is 2.29. The summed E-state index contributed by atoms with van der Waals surface area (Å²) in [4.78, 5) is 16.2. The number of ether oxygens (including phenoxy) is 1. The molecule has 0 fully saturated rings. The van der Waals surface area contributed by atoms with Crippen LogP contribution in [0.25, 0.3) is 0 Å². The van der Waals surface area contributed by atoms with Crippen LogP contribution in [0.15, 0.2) is 0 Å². The Labute approximate surface area is 97.7 Å². The Bertz CT molecular complexity index is 357. The molecule has 0 aliphatic heterocycles. The van der Waals surface area contributed by atoms with E-state index in [-0.39, 0.29) is 6.61 Å². The van der Waals surface area contributed by atoms with E-state index in [0.717, 1.165) is 10.6 Å². The summed E-state index contributed by atoms with van der Waals surface area (Å²) in [5.74, 6) is -0.833. The predicted octanol–water partition coefficient (Wildman–Crippen LogP) is 0.717. The summed E-state index contributed by atoms with van der Waals surface area (Å²) in [7, 11) is 0. The number of aromatic nitrogens is 1. The smallest absolute Gasteiger partial charge is 0.338 e. The standard InChI is InChI=1S/C10H15NO4S/c1-4-15-10(14)8(13)7(12)9-11-5(2)6(3)16-9/h7-8,12-13H,4H2,1-3H3. The summed E-state index contributed by atoms with van der Waals surface area (Å²) in [5, 5.41) is 19.6. The van der Waals surface area contributed by atoms with E-state index in [4.69, 9.17) is 0 Å². The zero-order valence-corrected chi connectivity index (χ0v) is 10.2. The SMILES string of the molecule is CCOC(=O)C(O)C(O)c1nc(C)c(C)s1. The van der Waals surface area contributed by atoms with Crippen LogP contribution in [0.1, 0.15) is 28.6 Å². The van der Waals surface area contributed by atoms with Gasteiger partial charge in [0, 0.05) is 4.88 Å². The lowest BCUT2D eigenvalue weighted by atomic mass is 10.2. The number of hydrogen-bond acceptors (Lipinski definition) is 6. The van der Waals surface area contributed by atoms with Crippen molar-refractivity contribution in [2.75, 3.05) is 6.61 Å². The number of hydrogen-bond donors (Lipinski definition) is 2. The fraction of sp³-hybridized carbons (Fsp3) is 0.600. The van der Waals surface area contributed by atoms with Gasteiger partial charge < -0.3 is 14.9 Å². The number of thiazole rings is 1. The number of rotatable bonds is 4. The second-order valence-corrected chi connectivity index (χ2v) is 4.57. The molecule has 2 N–H and O–H groups in total. The zero-order valence-electron chi connectivity index (χ0n) is 9.43. The van der Waals surface area contributed by atoms with Gasteiger partial charge in [-0.3, -0.25) is 0 Å². The van der Waals surface area contributed by atoms with Crippen molar-refractivity contribution in [3.05, 3.63) is 15.6 Å². The molecule has 16 heavy (non-hydrogen) atoms. The van der Waals surface area contributed by atoms with Crippen LogP contribution in [0.4, 0.5) is 0 Å². The summed E-state index contributed by atoms with van der Waals surface area (Å²) in [5.41, 5.74) is 0.787. The van der Waals surface area contributed by atoms with Crippen LogP contribution in [-0.2, 0) is 9.53 Å². The Morgan fingerprint density at radius 1 is 1.50 bits per heavy atom. The Hall–Kier alpha value is -0.980. The highest BCUT2D eigenvalue weighted by Crippen LogP contribution is 2.25. The molecular weight excluding hydrogens is 230 g/mol. The van der Waals surface area contributed by atoms with Gasteiger partial charge in [0.15, 0.2) is 6.10 Å². The van der Waals surface area contributed by atoms with Crippen LogP contribution < -0.4 is 0 Å². The molecule has 6 heteroatoms. The third-order valence-electron chi connectivity index (χ3n) is 2.13. The molecule has 2 unspecified atom stereocenters. The van der Waals surface area contributed by atoms with Gasteiger partial charge >= 0.3 is 5.97 Å². The number of aliphatic hydroxyl groups excluding tert-OH is 2. The zero-order chi connectivity index (χ0) is 12.3. The van der Waals surface area contributed by atoms with Gasteiger partial charge in [-0.1, -0.05) is 0 Å². The Kier molecular flexibility index (Phi) is 4.40. The molecule has 0 aromatic carbocycles. The van der Waals surface area contributed by atoms with Crippen molar-refractivity contribution < 1.29 is 19.7 Å². The number of aryl methyl sites for hydroxylation is 2. The van der Waals surface area contributed by atoms with E-state index in [1.54, 1.807) is 13.8 Å². The monoisotopic (exact) mass is 245 g/mol. The van der Waals surface area contributed by atoms with E-state index in [1.807, 2.05) is 6.92 Å². The van der Waals surface area contributed by atoms with Gasteiger partial charge in [0.05, 0.1) is 12.3 Å². The van der Waals surface area contributed by atoms with Gasteiger partial charge in [-0.15, -0.1) is 11.3 Å². The van der Waals surface area contributed by atoms with E-state index in [2.05, 4.69) is 9.72 Å². The third kappa shape index (κ3) is 2.78. The van der Waals surface area contributed by atoms with Crippen molar-refractivity contribution in [3.63, 3.8) is 0 Å². The van der Waals surface area contributed by atoms with Crippen molar-refractivity contribution in [3.8, 4) is 0 Å². The summed E-state index contributed by atoms with van der Waals surface area (Å²) in [6.45, 7) is 5.46. The normalized spacial score (nSPS) is 14.6. The second kappa shape index (κ2) is 5.38. The lowest BCUT2D eigenvalue weighted by Gasteiger charge is -2.13. The van der Waals surface area contributed by atoms with Crippen LogP contribution in [-0.4, -0.2) is 33.9 Å². The lowest BCUT2D eigenvalue weighted by molar-refractivity contribution is -0.159. The Balaban J connectivity index is 2.77. The topological polar surface area (TPSA) is 79.7 Å². The van der Waals surface area contributed by atoms with Gasteiger partial charge in [0.1, 0.15) is 11.1 Å².